The van der Waals surface area contributed by atoms with Gasteiger partial charge in [-0.2, -0.15) is 5.10 Å². The van der Waals surface area contributed by atoms with Crippen LogP contribution in [0.5, 0.6) is 11.5 Å². The van der Waals surface area contributed by atoms with Crippen molar-refractivity contribution in [2.24, 2.45) is 5.92 Å². The number of hydrogen-bond donors (Lipinski definition) is 1. The van der Waals surface area contributed by atoms with Gasteiger partial charge in [-0.3, -0.25) is 4.79 Å². The van der Waals surface area contributed by atoms with Crippen molar-refractivity contribution in [3.8, 4) is 11.5 Å². The quantitative estimate of drug-likeness (QED) is 0.936. The Morgan fingerprint density at radius 2 is 2.24 bits per heavy atom. The lowest BCUT2D eigenvalue weighted by atomic mass is 10.1. The molecule has 1 fully saturated rings. The third-order valence-corrected chi connectivity index (χ3v) is 3.73. The largest absolute Gasteiger partial charge is 0.454 e. The SMILES string of the molecule is O=C(Nc1ccnn1CC1CC1)c1cccc2c1OCO2. The monoisotopic (exact) mass is 285 g/mol. The molecule has 2 heterocycles. The van der Waals surface area contributed by atoms with Crippen LogP contribution in [0.4, 0.5) is 5.82 Å². The number of anilines is 1. The summed E-state index contributed by atoms with van der Waals surface area (Å²) in [7, 11) is 0. The number of fused-ring (bicyclic) bond motifs is 1. The Morgan fingerprint density at radius 3 is 3.10 bits per heavy atom. The molecule has 0 bridgehead atoms. The van der Waals surface area contributed by atoms with Crippen molar-refractivity contribution in [1.29, 1.82) is 0 Å². The van der Waals surface area contributed by atoms with E-state index in [1.54, 1.807) is 30.5 Å². The Labute approximate surface area is 121 Å². The second kappa shape index (κ2) is 4.80. The Hall–Kier alpha value is -2.50. The van der Waals surface area contributed by atoms with Crippen molar-refractivity contribution in [3.05, 3.63) is 36.0 Å². The lowest BCUT2D eigenvalue weighted by Gasteiger charge is -2.09. The lowest BCUT2D eigenvalue weighted by molar-refractivity contribution is 0.102. The molecule has 21 heavy (non-hydrogen) atoms. The normalized spacial score (nSPS) is 16.0. The van der Waals surface area contributed by atoms with Gasteiger partial charge in [0.05, 0.1) is 11.8 Å². The molecule has 4 rings (SSSR count). The van der Waals surface area contributed by atoms with Crippen LogP contribution in [0.25, 0.3) is 0 Å². The Kier molecular flexibility index (Phi) is 2.80. The van der Waals surface area contributed by atoms with E-state index in [1.807, 2.05) is 4.68 Å². The maximum absolute atomic E-state index is 12.4. The summed E-state index contributed by atoms with van der Waals surface area (Å²) in [4.78, 5) is 12.4. The molecule has 1 aromatic heterocycles. The molecule has 1 amide bonds. The van der Waals surface area contributed by atoms with Crippen molar-refractivity contribution in [3.63, 3.8) is 0 Å². The van der Waals surface area contributed by atoms with E-state index in [2.05, 4.69) is 10.4 Å². The molecule has 1 N–H and O–H groups in total. The average molecular weight is 285 g/mol. The summed E-state index contributed by atoms with van der Waals surface area (Å²) in [6.45, 7) is 1.01. The van der Waals surface area contributed by atoms with Gasteiger partial charge in [0.25, 0.3) is 5.91 Å². The number of amides is 1. The second-order valence-corrected chi connectivity index (χ2v) is 5.34. The number of hydrogen-bond acceptors (Lipinski definition) is 4. The zero-order valence-electron chi connectivity index (χ0n) is 11.4. The van der Waals surface area contributed by atoms with Gasteiger partial charge in [0.1, 0.15) is 5.82 Å². The maximum Gasteiger partial charge on any atom is 0.260 e. The van der Waals surface area contributed by atoms with Crippen LogP contribution in [0, 0.1) is 5.92 Å². The zero-order chi connectivity index (χ0) is 14.2. The molecule has 0 saturated heterocycles. The van der Waals surface area contributed by atoms with Crippen LogP contribution < -0.4 is 14.8 Å². The van der Waals surface area contributed by atoms with Crippen LogP contribution in [-0.2, 0) is 6.54 Å². The van der Waals surface area contributed by atoms with Crippen LogP contribution in [-0.4, -0.2) is 22.5 Å². The molecule has 2 aromatic rings. The molecule has 1 saturated carbocycles. The highest BCUT2D eigenvalue weighted by Crippen LogP contribution is 2.36. The van der Waals surface area contributed by atoms with E-state index < -0.39 is 0 Å². The highest BCUT2D eigenvalue weighted by Gasteiger charge is 2.25. The summed E-state index contributed by atoms with van der Waals surface area (Å²) in [6.07, 6.45) is 4.18. The predicted molar refractivity (Wildman–Crippen MR) is 75.5 cm³/mol. The number of rotatable bonds is 4. The number of carbonyl (C=O) groups excluding carboxylic acids is 1. The van der Waals surface area contributed by atoms with Gasteiger partial charge in [-0.1, -0.05) is 6.07 Å². The van der Waals surface area contributed by atoms with Crippen molar-refractivity contribution in [2.45, 2.75) is 19.4 Å². The zero-order valence-corrected chi connectivity index (χ0v) is 11.4. The molecule has 6 heteroatoms. The molecular weight excluding hydrogens is 270 g/mol. The van der Waals surface area contributed by atoms with E-state index in [-0.39, 0.29) is 12.7 Å². The maximum atomic E-state index is 12.4. The molecule has 6 nitrogen and oxygen atoms in total. The Balaban J connectivity index is 1.56. The molecule has 108 valence electrons. The van der Waals surface area contributed by atoms with Crippen molar-refractivity contribution in [2.75, 3.05) is 12.1 Å². The molecular formula is C15H15N3O3. The van der Waals surface area contributed by atoms with E-state index in [1.165, 1.54) is 12.8 Å². The number of ether oxygens (including phenoxy) is 2. The first-order chi connectivity index (χ1) is 10.3. The Bertz CT molecular complexity index is 691. The summed E-state index contributed by atoms with van der Waals surface area (Å²) in [6, 6.07) is 7.10. The minimum Gasteiger partial charge on any atom is -0.454 e. The third-order valence-electron chi connectivity index (χ3n) is 3.73. The highest BCUT2D eigenvalue weighted by atomic mass is 16.7. The standard InChI is InChI=1S/C15H15N3O3/c19-15(11-2-1-3-12-14(11)21-9-20-12)17-13-6-7-16-18(13)8-10-4-5-10/h1-3,6-7,10H,4-5,8-9H2,(H,17,19). The molecule has 0 unspecified atom stereocenters. The smallest absolute Gasteiger partial charge is 0.260 e. The third kappa shape index (κ3) is 2.33. The topological polar surface area (TPSA) is 65.4 Å². The first-order valence-corrected chi connectivity index (χ1v) is 7.03. The van der Waals surface area contributed by atoms with E-state index in [4.69, 9.17) is 9.47 Å². The summed E-state index contributed by atoms with van der Waals surface area (Å²) in [5.74, 6) is 2.30. The van der Waals surface area contributed by atoms with E-state index in [0.717, 1.165) is 6.54 Å². The van der Waals surface area contributed by atoms with Crippen LogP contribution >= 0.6 is 0 Å². The fraction of sp³-hybridized carbons (Fsp3) is 0.333. The minimum atomic E-state index is -0.213. The Morgan fingerprint density at radius 1 is 1.33 bits per heavy atom. The van der Waals surface area contributed by atoms with Gasteiger partial charge in [-0.25, -0.2) is 4.68 Å². The van der Waals surface area contributed by atoms with E-state index in [0.29, 0.717) is 28.8 Å². The first-order valence-electron chi connectivity index (χ1n) is 7.03. The van der Waals surface area contributed by atoms with Crippen molar-refractivity contribution >= 4 is 11.7 Å². The van der Waals surface area contributed by atoms with Crippen molar-refractivity contribution < 1.29 is 14.3 Å². The summed E-state index contributed by atoms with van der Waals surface area (Å²) in [5.41, 5.74) is 0.476. The number of aromatic nitrogens is 2. The number of para-hydroxylation sites is 1. The van der Waals surface area contributed by atoms with Gasteiger partial charge in [-0.05, 0) is 30.9 Å². The predicted octanol–water partition coefficient (Wildman–Crippen LogP) is 2.27. The minimum absolute atomic E-state index is 0.152. The van der Waals surface area contributed by atoms with E-state index in [9.17, 15) is 4.79 Å². The van der Waals surface area contributed by atoms with Gasteiger partial charge in [0.2, 0.25) is 6.79 Å². The second-order valence-electron chi connectivity index (χ2n) is 5.34. The number of nitrogens with one attached hydrogen (secondary N) is 1. The highest BCUT2D eigenvalue weighted by molar-refractivity contribution is 6.06. The molecule has 0 atom stereocenters. The molecule has 1 aliphatic heterocycles. The van der Waals surface area contributed by atoms with Crippen molar-refractivity contribution in [1.82, 2.24) is 9.78 Å². The number of benzene rings is 1. The van der Waals surface area contributed by atoms with Gasteiger partial charge in [-0.15, -0.1) is 0 Å². The van der Waals surface area contributed by atoms with Crippen LogP contribution in [0.15, 0.2) is 30.5 Å². The molecule has 1 aromatic carbocycles. The van der Waals surface area contributed by atoms with Crippen LogP contribution in [0.1, 0.15) is 23.2 Å². The fourth-order valence-corrected chi connectivity index (χ4v) is 2.42. The van der Waals surface area contributed by atoms with Gasteiger partial charge in [0.15, 0.2) is 11.5 Å². The molecule has 1 aliphatic carbocycles. The van der Waals surface area contributed by atoms with E-state index >= 15 is 0 Å². The van der Waals surface area contributed by atoms with Gasteiger partial charge >= 0.3 is 0 Å². The van der Waals surface area contributed by atoms with Crippen LogP contribution in [0.3, 0.4) is 0 Å². The van der Waals surface area contributed by atoms with Gasteiger partial charge in [0, 0.05) is 12.6 Å². The molecule has 0 radical (unpaired) electrons. The van der Waals surface area contributed by atoms with Gasteiger partial charge < -0.3 is 14.8 Å². The summed E-state index contributed by atoms with van der Waals surface area (Å²) < 4.78 is 12.5. The average Bonchev–Trinajstić information content (AvgIpc) is 2.98. The first kappa shape index (κ1) is 12.3. The molecule has 2 aliphatic rings. The summed E-state index contributed by atoms with van der Waals surface area (Å²) in [5, 5.41) is 7.16. The lowest BCUT2D eigenvalue weighted by Crippen LogP contribution is -2.16. The molecule has 0 spiro atoms. The number of nitrogens with zero attached hydrogens (tertiary/aromatic N) is 2. The number of carbonyl (C=O) groups is 1. The fourth-order valence-electron chi connectivity index (χ4n) is 2.42. The van der Waals surface area contributed by atoms with Crippen LogP contribution in [0.2, 0.25) is 0 Å². The summed E-state index contributed by atoms with van der Waals surface area (Å²) >= 11 is 0.